The highest BCUT2D eigenvalue weighted by Gasteiger charge is 2.39. The number of amides is 1. The van der Waals surface area contributed by atoms with E-state index in [-0.39, 0.29) is 17.8 Å². The molecule has 3 aliphatic rings. The van der Waals surface area contributed by atoms with Crippen LogP contribution in [0.4, 0.5) is 0 Å². The number of nitrogens with zero attached hydrogens (tertiary/aromatic N) is 1. The molecule has 0 bridgehead atoms. The normalized spacial score (nSPS) is 24.3. The number of carbonyl (C=O) groups excluding carboxylic acids is 2. The van der Waals surface area contributed by atoms with Gasteiger partial charge in [-0.2, -0.15) is 0 Å². The minimum Gasteiger partial charge on any atom is -0.472 e. The quantitative estimate of drug-likeness (QED) is 0.782. The second kappa shape index (κ2) is 5.59. The van der Waals surface area contributed by atoms with E-state index >= 15 is 0 Å². The highest BCUT2D eigenvalue weighted by Crippen LogP contribution is 2.43. The lowest BCUT2D eigenvalue weighted by molar-refractivity contribution is -0.124. The molecule has 2 atom stereocenters. The van der Waals surface area contributed by atoms with E-state index in [0.717, 1.165) is 36.0 Å². The fourth-order valence-corrected chi connectivity index (χ4v) is 4.46. The van der Waals surface area contributed by atoms with E-state index in [9.17, 15) is 9.59 Å². The molecule has 0 fully saturated rings. The van der Waals surface area contributed by atoms with Gasteiger partial charge in [0, 0.05) is 30.3 Å². The highest BCUT2D eigenvalue weighted by atomic mass is 16.5. The third kappa shape index (κ3) is 2.16. The van der Waals surface area contributed by atoms with Crippen molar-refractivity contribution in [1.82, 2.24) is 4.90 Å². The second-order valence-corrected chi connectivity index (χ2v) is 7.29. The van der Waals surface area contributed by atoms with E-state index in [1.54, 1.807) is 17.4 Å². The monoisotopic (exact) mass is 349 g/mol. The van der Waals surface area contributed by atoms with Crippen LogP contribution in [0.25, 0.3) is 0 Å². The topological polar surface area (TPSA) is 59.8 Å². The van der Waals surface area contributed by atoms with Crippen molar-refractivity contribution in [2.45, 2.75) is 25.4 Å². The molecule has 5 rings (SSSR count). The van der Waals surface area contributed by atoms with Gasteiger partial charge in [-0.1, -0.05) is 12.1 Å². The summed E-state index contributed by atoms with van der Waals surface area (Å²) in [5.74, 6) is 0.0453. The fourth-order valence-electron chi connectivity index (χ4n) is 4.46. The molecule has 1 aromatic carbocycles. The fraction of sp³-hybridized carbons (Fsp3) is 0.333. The van der Waals surface area contributed by atoms with Gasteiger partial charge in [0.25, 0.3) is 0 Å². The number of likely N-dealkylation sites (N-methyl/N-ethyl adjacent to an activating group) is 1. The number of ether oxygens (including phenoxy) is 1. The number of rotatable bonds is 2. The van der Waals surface area contributed by atoms with Crippen molar-refractivity contribution in [2.75, 3.05) is 13.6 Å². The van der Waals surface area contributed by atoms with E-state index in [1.165, 1.54) is 11.1 Å². The van der Waals surface area contributed by atoms with Gasteiger partial charge in [-0.05, 0) is 48.4 Å². The van der Waals surface area contributed by atoms with Crippen molar-refractivity contribution in [3.05, 3.63) is 70.2 Å². The number of fused-ring (bicyclic) bond motifs is 3. The Morgan fingerprint density at radius 3 is 2.81 bits per heavy atom. The van der Waals surface area contributed by atoms with Gasteiger partial charge in [0.2, 0.25) is 5.91 Å². The van der Waals surface area contributed by atoms with Crippen LogP contribution in [0, 0.1) is 5.92 Å². The first-order chi connectivity index (χ1) is 12.6. The van der Waals surface area contributed by atoms with Crippen molar-refractivity contribution in [1.29, 1.82) is 0 Å². The van der Waals surface area contributed by atoms with Crippen LogP contribution in [0.1, 0.15) is 45.1 Å². The maximum absolute atomic E-state index is 12.4. The van der Waals surface area contributed by atoms with Gasteiger partial charge < -0.3 is 14.1 Å². The van der Waals surface area contributed by atoms with Crippen LogP contribution in [0.15, 0.2) is 46.8 Å². The summed E-state index contributed by atoms with van der Waals surface area (Å²) in [5.41, 5.74) is 5.78. The number of carbonyl (C=O) groups is 2. The summed E-state index contributed by atoms with van der Waals surface area (Å²) in [7, 11) is 1.84. The Bertz CT molecular complexity index is 941. The van der Waals surface area contributed by atoms with Crippen molar-refractivity contribution in [3.63, 3.8) is 0 Å². The van der Waals surface area contributed by atoms with Gasteiger partial charge in [-0.3, -0.25) is 4.79 Å². The summed E-state index contributed by atoms with van der Waals surface area (Å²) >= 11 is 0. The summed E-state index contributed by atoms with van der Waals surface area (Å²) in [6, 6.07) is 5.76. The van der Waals surface area contributed by atoms with E-state index in [4.69, 9.17) is 9.15 Å². The van der Waals surface area contributed by atoms with Crippen molar-refractivity contribution < 1.29 is 18.7 Å². The largest absolute Gasteiger partial charge is 0.472 e. The van der Waals surface area contributed by atoms with Gasteiger partial charge in [0.15, 0.2) is 6.10 Å². The lowest BCUT2D eigenvalue weighted by Crippen LogP contribution is -2.27. The Labute approximate surface area is 151 Å². The summed E-state index contributed by atoms with van der Waals surface area (Å²) in [5, 5.41) is 0. The zero-order valence-corrected chi connectivity index (χ0v) is 14.5. The Morgan fingerprint density at radius 2 is 2.08 bits per heavy atom. The standard InChI is InChI=1S/C21H19NO4/c1-22-8-6-15(20(22)23)13-3-2-12-4-5-16-18(17(12)10-13)19(26-21(16)24)14-7-9-25-11-14/h4-7,9,11,13,19H,2-3,8,10H2,1H3/t13-,19-/m0/s1. The number of esters is 1. The first-order valence-corrected chi connectivity index (χ1v) is 8.96. The molecule has 5 nitrogen and oxygen atoms in total. The first kappa shape index (κ1) is 15.4. The molecule has 2 aromatic rings. The van der Waals surface area contributed by atoms with E-state index < -0.39 is 6.10 Å². The molecule has 0 N–H and O–H groups in total. The number of furan rings is 1. The average molecular weight is 349 g/mol. The Kier molecular flexibility index (Phi) is 3.32. The number of aryl methyl sites for hydroxylation is 1. The van der Waals surface area contributed by atoms with Gasteiger partial charge in [-0.15, -0.1) is 0 Å². The molecule has 0 radical (unpaired) electrons. The molecule has 26 heavy (non-hydrogen) atoms. The molecule has 1 amide bonds. The first-order valence-electron chi connectivity index (χ1n) is 8.96. The maximum atomic E-state index is 12.4. The van der Waals surface area contributed by atoms with Crippen LogP contribution in [0.5, 0.6) is 0 Å². The third-order valence-corrected chi connectivity index (χ3v) is 5.84. The van der Waals surface area contributed by atoms with Crippen LogP contribution in [0.3, 0.4) is 0 Å². The summed E-state index contributed by atoms with van der Waals surface area (Å²) in [4.78, 5) is 26.5. The molecule has 0 saturated heterocycles. The zero-order valence-electron chi connectivity index (χ0n) is 14.5. The maximum Gasteiger partial charge on any atom is 0.339 e. The Hall–Kier alpha value is -2.82. The number of benzene rings is 1. The predicted molar refractivity (Wildman–Crippen MR) is 93.6 cm³/mol. The molecule has 0 spiro atoms. The van der Waals surface area contributed by atoms with Gasteiger partial charge in [-0.25, -0.2) is 4.79 Å². The van der Waals surface area contributed by atoms with Gasteiger partial charge in [0.1, 0.15) is 0 Å². The minimum atomic E-state index is -0.416. The third-order valence-electron chi connectivity index (χ3n) is 5.84. The van der Waals surface area contributed by atoms with Crippen molar-refractivity contribution >= 4 is 11.9 Å². The molecule has 2 aliphatic heterocycles. The minimum absolute atomic E-state index is 0.129. The molecule has 132 valence electrons. The van der Waals surface area contributed by atoms with E-state index in [2.05, 4.69) is 6.08 Å². The summed E-state index contributed by atoms with van der Waals surface area (Å²) in [6.07, 6.45) is 7.50. The molecule has 0 unspecified atom stereocenters. The number of hydrogen-bond donors (Lipinski definition) is 0. The Morgan fingerprint density at radius 1 is 1.19 bits per heavy atom. The average Bonchev–Trinajstić information content (AvgIpc) is 3.36. The molecule has 1 aromatic heterocycles. The van der Waals surface area contributed by atoms with Crippen molar-refractivity contribution in [3.8, 4) is 0 Å². The molecule has 1 aliphatic carbocycles. The summed E-state index contributed by atoms with van der Waals surface area (Å²) < 4.78 is 10.9. The number of hydrogen-bond acceptors (Lipinski definition) is 4. The molecule has 3 heterocycles. The molecule has 5 heteroatoms. The predicted octanol–water partition coefficient (Wildman–Crippen LogP) is 3.04. The van der Waals surface area contributed by atoms with Crippen LogP contribution < -0.4 is 0 Å². The molecular weight excluding hydrogens is 330 g/mol. The Balaban J connectivity index is 1.57. The van der Waals surface area contributed by atoms with E-state index in [1.807, 2.05) is 25.2 Å². The SMILES string of the molecule is CN1CC=C([C@H]2CCc3ccc4c(c3C2)[C@H](c2ccoc2)OC4=O)C1=O. The van der Waals surface area contributed by atoms with Gasteiger partial charge >= 0.3 is 5.97 Å². The van der Waals surface area contributed by atoms with E-state index in [0.29, 0.717) is 12.1 Å². The lowest BCUT2D eigenvalue weighted by atomic mass is 9.76. The molecular formula is C21H19NO4. The van der Waals surface area contributed by atoms with Gasteiger partial charge in [0.05, 0.1) is 18.1 Å². The van der Waals surface area contributed by atoms with Crippen LogP contribution in [-0.4, -0.2) is 30.4 Å². The summed E-state index contributed by atoms with van der Waals surface area (Å²) in [6.45, 7) is 0.684. The zero-order chi connectivity index (χ0) is 17.8. The number of cyclic esters (lactones) is 1. The lowest BCUT2D eigenvalue weighted by Gasteiger charge is -2.28. The van der Waals surface area contributed by atoms with Crippen LogP contribution in [0.2, 0.25) is 0 Å². The van der Waals surface area contributed by atoms with Crippen LogP contribution in [-0.2, 0) is 22.4 Å². The van der Waals surface area contributed by atoms with Crippen LogP contribution >= 0.6 is 0 Å². The highest BCUT2D eigenvalue weighted by molar-refractivity contribution is 5.97. The molecule has 0 saturated carbocycles. The van der Waals surface area contributed by atoms with Crippen molar-refractivity contribution in [2.24, 2.45) is 5.92 Å². The smallest absolute Gasteiger partial charge is 0.339 e. The second-order valence-electron chi connectivity index (χ2n) is 7.29.